The van der Waals surface area contributed by atoms with E-state index in [1.165, 1.54) is 11.8 Å². The second-order valence-electron chi connectivity index (χ2n) is 9.68. The average molecular weight is 556 g/mol. The predicted molar refractivity (Wildman–Crippen MR) is 159 cm³/mol. The van der Waals surface area contributed by atoms with Crippen LogP contribution in [-0.2, 0) is 21.4 Å². The lowest BCUT2D eigenvalue weighted by Gasteiger charge is -2.26. The summed E-state index contributed by atoms with van der Waals surface area (Å²) in [5, 5.41) is 4.04. The van der Waals surface area contributed by atoms with E-state index in [9.17, 15) is 13.2 Å². The fraction of sp³-hybridized carbons (Fsp3) is 0.188. The van der Waals surface area contributed by atoms with Gasteiger partial charge in [-0.2, -0.15) is 5.10 Å². The summed E-state index contributed by atoms with van der Waals surface area (Å²) in [6.45, 7) is 7.71. The molecular formula is C32H33N3O4S. The number of sulfonamides is 1. The summed E-state index contributed by atoms with van der Waals surface area (Å²) in [5.74, 6) is 0.151. The van der Waals surface area contributed by atoms with Gasteiger partial charge in [0.1, 0.15) is 18.9 Å². The number of carbonyl (C=O) groups excluding carboxylic acids is 1. The highest BCUT2D eigenvalue weighted by atomic mass is 32.2. The van der Waals surface area contributed by atoms with E-state index in [0.29, 0.717) is 18.0 Å². The van der Waals surface area contributed by atoms with Gasteiger partial charge in [-0.25, -0.2) is 13.8 Å². The van der Waals surface area contributed by atoms with Crippen LogP contribution in [-0.4, -0.2) is 27.1 Å². The van der Waals surface area contributed by atoms with Crippen LogP contribution in [0.4, 0.5) is 5.69 Å². The van der Waals surface area contributed by atoms with Crippen LogP contribution in [0.25, 0.3) is 0 Å². The van der Waals surface area contributed by atoms with Crippen LogP contribution in [0.15, 0.2) is 101 Å². The quantitative estimate of drug-likeness (QED) is 0.197. The molecule has 206 valence electrons. The summed E-state index contributed by atoms with van der Waals surface area (Å²) < 4.78 is 34.2. The Morgan fingerprint density at radius 3 is 2.12 bits per heavy atom. The first kappa shape index (κ1) is 28.6. The van der Waals surface area contributed by atoms with E-state index >= 15 is 0 Å². The molecule has 1 N–H and O–H groups in total. The van der Waals surface area contributed by atoms with Gasteiger partial charge in [-0.1, -0.05) is 59.7 Å². The number of aryl methyl sites for hydroxylation is 3. The van der Waals surface area contributed by atoms with E-state index in [2.05, 4.69) is 10.5 Å². The first-order valence-corrected chi connectivity index (χ1v) is 14.3. The Morgan fingerprint density at radius 1 is 0.850 bits per heavy atom. The highest BCUT2D eigenvalue weighted by Crippen LogP contribution is 2.28. The van der Waals surface area contributed by atoms with Crippen molar-refractivity contribution in [1.82, 2.24) is 5.43 Å². The molecule has 0 aliphatic rings. The summed E-state index contributed by atoms with van der Waals surface area (Å²) >= 11 is 0. The van der Waals surface area contributed by atoms with Crippen LogP contribution in [0.5, 0.6) is 5.75 Å². The average Bonchev–Trinajstić information content (AvgIpc) is 2.94. The van der Waals surface area contributed by atoms with Gasteiger partial charge in [0.15, 0.2) is 0 Å². The Bertz CT molecular complexity index is 1600. The number of nitrogens with one attached hydrogen (secondary N) is 1. The maximum atomic E-state index is 13.6. The molecule has 7 nitrogen and oxygen atoms in total. The van der Waals surface area contributed by atoms with Crippen LogP contribution >= 0.6 is 0 Å². The molecule has 4 rings (SSSR count). The molecule has 0 bridgehead atoms. The molecule has 4 aromatic carbocycles. The van der Waals surface area contributed by atoms with Crippen LogP contribution in [0.1, 0.15) is 33.4 Å². The molecule has 1 amide bonds. The molecule has 0 saturated carbocycles. The number of ether oxygens (including phenoxy) is 1. The lowest BCUT2D eigenvalue weighted by atomic mass is 10.1. The van der Waals surface area contributed by atoms with Crippen LogP contribution in [0, 0.1) is 27.7 Å². The van der Waals surface area contributed by atoms with E-state index < -0.39 is 22.5 Å². The number of nitrogens with zero attached hydrogens (tertiary/aromatic N) is 2. The van der Waals surface area contributed by atoms with Crippen molar-refractivity contribution in [2.24, 2.45) is 5.10 Å². The van der Waals surface area contributed by atoms with Crippen molar-refractivity contribution in [2.75, 3.05) is 10.8 Å². The molecule has 0 saturated heterocycles. The van der Waals surface area contributed by atoms with Crippen LogP contribution in [0.2, 0.25) is 0 Å². The van der Waals surface area contributed by atoms with Gasteiger partial charge < -0.3 is 4.74 Å². The molecule has 0 unspecified atom stereocenters. The second kappa shape index (κ2) is 12.6. The Labute approximate surface area is 236 Å². The highest BCUT2D eigenvalue weighted by molar-refractivity contribution is 7.92. The number of hydrogen-bond donors (Lipinski definition) is 1. The highest BCUT2D eigenvalue weighted by Gasteiger charge is 2.28. The molecule has 0 atom stereocenters. The third-order valence-corrected chi connectivity index (χ3v) is 8.32. The number of benzene rings is 4. The fourth-order valence-corrected chi connectivity index (χ4v) is 5.47. The largest absolute Gasteiger partial charge is 0.489 e. The number of anilines is 1. The van der Waals surface area contributed by atoms with Crippen molar-refractivity contribution in [3.05, 3.63) is 124 Å². The van der Waals surface area contributed by atoms with E-state index in [-0.39, 0.29) is 4.90 Å². The van der Waals surface area contributed by atoms with Crippen molar-refractivity contribution in [3.63, 3.8) is 0 Å². The van der Waals surface area contributed by atoms with E-state index in [0.717, 1.165) is 32.1 Å². The lowest BCUT2D eigenvalue weighted by molar-refractivity contribution is -0.119. The third-order valence-electron chi connectivity index (χ3n) is 6.55. The molecule has 0 aliphatic heterocycles. The van der Waals surface area contributed by atoms with E-state index in [1.54, 1.807) is 36.4 Å². The van der Waals surface area contributed by atoms with Gasteiger partial charge in [0, 0.05) is 0 Å². The molecular weight excluding hydrogens is 522 g/mol. The minimum Gasteiger partial charge on any atom is -0.489 e. The van der Waals surface area contributed by atoms with Gasteiger partial charge in [-0.15, -0.1) is 0 Å². The minimum atomic E-state index is -4.01. The number of amides is 1. The zero-order valence-corrected chi connectivity index (χ0v) is 23.9. The normalized spacial score (nSPS) is 11.4. The summed E-state index contributed by atoms with van der Waals surface area (Å²) in [7, 11) is -4.01. The topological polar surface area (TPSA) is 88.1 Å². The lowest BCUT2D eigenvalue weighted by Crippen LogP contribution is -2.40. The Balaban J connectivity index is 1.43. The Morgan fingerprint density at radius 2 is 1.48 bits per heavy atom. The minimum absolute atomic E-state index is 0.111. The molecule has 40 heavy (non-hydrogen) atoms. The SMILES string of the molecule is Cc1ccc(COc2ccc(/C=N\NC(=O)CN(c3cccc(C)c3C)S(=O)(=O)c3ccc(C)cc3)cc2)cc1. The van der Waals surface area contributed by atoms with E-state index in [1.807, 2.05) is 82.3 Å². The summed E-state index contributed by atoms with van der Waals surface area (Å²) in [6, 6.07) is 27.4. The van der Waals surface area contributed by atoms with Gasteiger partial charge in [0.2, 0.25) is 0 Å². The van der Waals surface area contributed by atoms with Crippen molar-refractivity contribution in [2.45, 2.75) is 39.2 Å². The first-order valence-electron chi connectivity index (χ1n) is 12.9. The van der Waals surface area contributed by atoms with Crippen LogP contribution in [0.3, 0.4) is 0 Å². The zero-order chi connectivity index (χ0) is 28.7. The molecule has 0 spiro atoms. The molecule has 0 aliphatic carbocycles. The Hall–Kier alpha value is -4.43. The molecule has 4 aromatic rings. The molecule has 0 fully saturated rings. The zero-order valence-electron chi connectivity index (χ0n) is 23.1. The Kier molecular flexibility index (Phi) is 9.01. The van der Waals surface area contributed by atoms with Crippen molar-refractivity contribution in [3.8, 4) is 5.75 Å². The smallest absolute Gasteiger partial charge is 0.264 e. The predicted octanol–water partition coefficient (Wildman–Crippen LogP) is 5.84. The molecule has 0 heterocycles. The summed E-state index contributed by atoms with van der Waals surface area (Å²) in [5.41, 5.74) is 8.57. The number of hydrazone groups is 1. The van der Waals surface area contributed by atoms with E-state index in [4.69, 9.17) is 4.74 Å². The van der Waals surface area contributed by atoms with Gasteiger partial charge in [-0.05, 0) is 92.4 Å². The molecule has 0 aromatic heterocycles. The van der Waals surface area contributed by atoms with Gasteiger partial charge >= 0.3 is 0 Å². The molecule has 0 radical (unpaired) electrons. The van der Waals surface area contributed by atoms with Gasteiger partial charge in [0.25, 0.3) is 15.9 Å². The summed E-state index contributed by atoms with van der Waals surface area (Å²) in [6.07, 6.45) is 1.50. The fourth-order valence-electron chi connectivity index (χ4n) is 3.99. The van der Waals surface area contributed by atoms with Crippen molar-refractivity contribution >= 4 is 27.8 Å². The standard InChI is InChI=1S/C32H33N3O4S/c1-23-8-12-28(13-9-23)22-39-29-16-14-27(15-17-29)20-33-34-32(36)21-35(31-7-5-6-25(3)26(31)4)40(37,38)30-18-10-24(2)11-19-30/h5-20H,21-22H2,1-4H3,(H,34,36)/b33-20-. The van der Waals surface area contributed by atoms with Crippen molar-refractivity contribution < 1.29 is 17.9 Å². The molecule has 8 heteroatoms. The third kappa shape index (κ3) is 7.15. The van der Waals surface area contributed by atoms with Crippen molar-refractivity contribution in [1.29, 1.82) is 0 Å². The number of rotatable bonds is 10. The van der Waals surface area contributed by atoms with Crippen LogP contribution < -0.4 is 14.5 Å². The monoisotopic (exact) mass is 555 g/mol. The summed E-state index contributed by atoms with van der Waals surface area (Å²) in [4.78, 5) is 13.0. The number of hydrogen-bond acceptors (Lipinski definition) is 5. The van der Waals surface area contributed by atoms with Gasteiger partial charge in [-0.3, -0.25) is 9.10 Å². The number of carbonyl (C=O) groups is 1. The maximum Gasteiger partial charge on any atom is 0.264 e. The van der Waals surface area contributed by atoms with Gasteiger partial charge in [0.05, 0.1) is 16.8 Å². The first-order chi connectivity index (χ1) is 19.1. The maximum absolute atomic E-state index is 13.6. The second-order valence-corrected chi connectivity index (χ2v) is 11.5.